The number of carbonyl (C=O) groups is 2. The van der Waals surface area contributed by atoms with E-state index in [0.29, 0.717) is 44.1 Å². The first-order valence-corrected chi connectivity index (χ1v) is 12.5. The fourth-order valence-electron chi connectivity index (χ4n) is 5.30. The van der Waals surface area contributed by atoms with Crippen molar-refractivity contribution in [1.29, 1.82) is 0 Å². The second-order valence-electron chi connectivity index (χ2n) is 10.0. The first-order valence-electron chi connectivity index (χ1n) is 12.5. The van der Waals surface area contributed by atoms with Crippen molar-refractivity contribution in [2.45, 2.75) is 45.2 Å². The van der Waals surface area contributed by atoms with Crippen molar-refractivity contribution in [3.8, 4) is 11.5 Å². The number of benzene rings is 1. The average Bonchev–Trinajstić information content (AvgIpc) is 2.87. The molecule has 194 valence electrons. The number of amides is 3. The summed E-state index contributed by atoms with van der Waals surface area (Å²) in [7, 11) is 3.18. The van der Waals surface area contributed by atoms with E-state index in [1.54, 1.807) is 31.3 Å². The number of ether oxygens (including phenoxy) is 2. The third kappa shape index (κ3) is 5.50. The number of carbonyl (C=O) groups excluding carboxylic acids is 2. The molecule has 1 saturated heterocycles. The van der Waals surface area contributed by atoms with Crippen molar-refractivity contribution < 1.29 is 19.1 Å². The highest BCUT2D eigenvalue weighted by Crippen LogP contribution is 2.35. The molecule has 0 spiro atoms. The lowest BCUT2D eigenvalue weighted by Gasteiger charge is -2.43. The van der Waals surface area contributed by atoms with Gasteiger partial charge in [-0.3, -0.25) is 9.59 Å². The summed E-state index contributed by atoms with van der Waals surface area (Å²) >= 11 is 0. The number of nitrogens with one attached hydrogen (secondary N) is 2. The van der Waals surface area contributed by atoms with Crippen LogP contribution in [0.2, 0.25) is 0 Å². The number of methoxy groups -OCH3 is 2. The quantitative estimate of drug-likeness (QED) is 0.584. The van der Waals surface area contributed by atoms with Gasteiger partial charge >= 0.3 is 6.03 Å². The zero-order valence-electron chi connectivity index (χ0n) is 21.5. The van der Waals surface area contributed by atoms with E-state index in [9.17, 15) is 14.4 Å². The number of rotatable bonds is 8. The molecule has 1 aromatic heterocycles. The summed E-state index contributed by atoms with van der Waals surface area (Å²) in [6.45, 7) is 6.03. The lowest BCUT2D eigenvalue weighted by atomic mass is 9.83. The van der Waals surface area contributed by atoms with Gasteiger partial charge in [0.2, 0.25) is 5.91 Å². The van der Waals surface area contributed by atoms with Crippen LogP contribution < -0.4 is 25.7 Å². The Morgan fingerprint density at radius 3 is 2.56 bits per heavy atom. The molecular weight excluding hydrogens is 460 g/mol. The highest BCUT2D eigenvalue weighted by atomic mass is 16.5. The summed E-state index contributed by atoms with van der Waals surface area (Å²) in [6.07, 6.45) is 1.59. The smallest absolute Gasteiger partial charge is 0.318 e. The second-order valence-corrected chi connectivity index (χ2v) is 10.0. The van der Waals surface area contributed by atoms with Crippen LogP contribution >= 0.6 is 0 Å². The van der Waals surface area contributed by atoms with E-state index in [2.05, 4.69) is 10.6 Å². The number of urea groups is 1. The van der Waals surface area contributed by atoms with Crippen molar-refractivity contribution in [1.82, 2.24) is 20.1 Å². The molecule has 1 fully saturated rings. The maximum atomic E-state index is 13.2. The molecular formula is C27H36N4O5. The van der Waals surface area contributed by atoms with E-state index in [4.69, 9.17) is 9.47 Å². The third-order valence-corrected chi connectivity index (χ3v) is 7.16. The molecule has 0 aliphatic carbocycles. The molecule has 3 atom stereocenters. The van der Waals surface area contributed by atoms with Gasteiger partial charge in [0.05, 0.1) is 14.2 Å². The summed E-state index contributed by atoms with van der Waals surface area (Å²) in [4.78, 5) is 40.2. The van der Waals surface area contributed by atoms with Crippen LogP contribution in [0.15, 0.2) is 41.2 Å². The van der Waals surface area contributed by atoms with Crippen molar-refractivity contribution in [2.24, 2.45) is 11.8 Å². The molecule has 3 heterocycles. The zero-order chi connectivity index (χ0) is 25.8. The van der Waals surface area contributed by atoms with Crippen molar-refractivity contribution in [2.75, 3.05) is 33.9 Å². The number of piperidine rings is 1. The largest absolute Gasteiger partial charge is 0.493 e. The Morgan fingerprint density at radius 2 is 1.83 bits per heavy atom. The van der Waals surface area contributed by atoms with E-state index < -0.39 is 6.04 Å². The number of likely N-dealkylation sites (tertiary alicyclic amines) is 1. The number of aromatic nitrogens is 1. The molecule has 3 amide bonds. The minimum absolute atomic E-state index is 0.0183. The van der Waals surface area contributed by atoms with Gasteiger partial charge in [0.15, 0.2) is 11.5 Å². The van der Waals surface area contributed by atoms with Gasteiger partial charge in [0.25, 0.3) is 5.56 Å². The summed E-state index contributed by atoms with van der Waals surface area (Å²) < 4.78 is 12.5. The number of nitrogens with zero attached hydrogens (tertiary/aromatic N) is 2. The first kappa shape index (κ1) is 25.6. The van der Waals surface area contributed by atoms with Crippen LogP contribution in [0.4, 0.5) is 4.79 Å². The van der Waals surface area contributed by atoms with Gasteiger partial charge < -0.3 is 29.6 Å². The molecule has 2 aromatic rings. The summed E-state index contributed by atoms with van der Waals surface area (Å²) in [6, 6.07) is 10.2. The highest BCUT2D eigenvalue weighted by Gasteiger charge is 2.37. The Labute approximate surface area is 211 Å². The highest BCUT2D eigenvalue weighted by molar-refractivity contribution is 5.87. The van der Waals surface area contributed by atoms with Crippen LogP contribution in [0.5, 0.6) is 11.5 Å². The van der Waals surface area contributed by atoms with Crippen LogP contribution in [-0.2, 0) is 17.8 Å². The number of pyridine rings is 1. The molecule has 2 bridgehead atoms. The Bertz CT molecular complexity index is 1160. The van der Waals surface area contributed by atoms with Gasteiger partial charge in [-0.25, -0.2) is 4.79 Å². The van der Waals surface area contributed by atoms with Crippen molar-refractivity contribution in [3.63, 3.8) is 0 Å². The number of hydrogen-bond donors (Lipinski definition) is 2. The average molecular weight is 497 g/mol. The standard InChI is InChI=1S/C27H36N4O5/c1-17(2)25(26(33)28-11-10-18-8-9-22(35-3)23(13-18)36-4)29-27(34)30-14-19-12-20(16-30)21-6-5-7-24(32)31(21)15-19/h5-9,13,17,19-20,25H,10-12,14-16H2,1-4H3,(H,28,33)(H,29,34)/t19-,20+,25?/m1/s1. The van der Waals surface area contributed by atoms with E-state index in [0.717, 1.165) is 17.7 Å². The summed E-state index contributed by atoms with van der Waals surface area (Å²) in [5.41, 5.74) is 2.02. The molecule has 9 nitrogen and oxygen atoms in total. The van der Waals surface area contributed by atoms with Crippen LogP contribution in [0.3, 0.4) is 0 Å². The maximum absolute atomic E-state index is 13.2. The van der Waals surface area contributed by atoms with Gasteiger partial charge in [-0.05, 0) is 48.4 Å². The summed E-state index contributed by atoms with van der Waals surface area (Å²) in [5.74, 6) is 1.39. The van der Waals surface area contributed by atoms with Crippen LogP contribution in [0.25, 0.3) is 0 Å². The minimum atomic E-state index is -0.639. The molecule has 36 heavy (non-hydrogen) atoms. The Balaban J connectivity index is 1.34. The van der Waals surface area contributed by atoms with Gasteiger partial charge in [0, 0.05) is 43.9 Å². The van der Waals surface area contributed by atoms with Crippen molar-refractivity contribution in [3.05, 3.63) is 58.0 Å². The third-order valence-electron chi connectivity index (χ3n) is 7.16. The number of hydrogen-bond acceptors (Lipinski definition) is 5. The molecule has 2 aliphatic heterocycles. The van der Waals surface area contributed by atoms with Crippen molar-refractivity contribution >= 4 is 11.9 Å². The van der Waals surface area contributed by atoms with E-state index in [-0.39, 0.29) is 35.3 Å². The fraction of sp³-hybridized carbons (Fsp3) is 0.519. The van der Waals surface area contributed by atoms with Gasteiger partial charge in [-0.1, -0.05) is 26.0 Å². The topological polar surface area (TPSA) is 102 Å². The normalized spacial score (nSPS) is 19.3. The molecule has 1 aromatic carbocycles. The van der Waals surface area contributed by atoms with Crippen LogP contribution in [0, 0.1) is 11.8 Å². The molecule has 2 N–H and O–H groups in total. The lowest BCUT2D eigenvalue weighted by Crippen LogP contribution is -2.57. The Hall–Kier alpha value is -3.49. The van der Waals surface area contributed by atoms with Gasteiger partial charge in [-0.15, -0.1) is 0 Å². The van der Waals surface area contributed by atoms with Crippen LogP contribution in [0.1, 0.15) is 37.4 Å². The molecule has 9 heteroatoms. The van der Waals surface area contributed by atoms with E-state index in [1.807, 2.05) is 42.7 Å². The Kier molecular flexibility index (Phi) is 7.86. The number of fused-ring (bicyclic) bond motifs is 4. The molecule has 2 aliphatic rings. The predicted octanol–water partition coefficient (Wildman–Crippen LogP) is 2.38. The molecule has 0 radical (unpaired) electrons. The van der Waals surface area contributed by atoms with Crippen LogP contribution in [-0.4, -0.2) is 61.3 Å². The first-order chi connectivity index (χ1) is 17.3. The van der Waals surface area contributed by atoms with E-state index in [1.165, 1.54) is 0 Å². The maximum Gasteiger partial charge on any atom is 0.318 e. The van der Waals surface area contributed by atoms with E-state index >= 15 is 0 Å². The lowest BCUT2D eigenvalue weighted by molar-refractivity contribution is -0.123. The predicted molar refractivity (Wildman–Crippen MR) is 137 cm³/mol. The molecule has 0 saturated carbocycles. The molecule has 1 unspecified atom stereocenters. The van der Waals surface area contributed by atoms with Gasteiger partial charge in [-0.2, -0.15) is 0 Å². The minimum Gasteiger partial charge on any atom is -0.493 e. The second kappa shape index (κ2) is 11.1. The zero-order valence-corrected chi connectivity index (χ0v) is 21.5. The van der Waals surface area contributed by atoms with Gasteiger partial charge in [0.1, 0.15) is 6.04 Å². The Morgan fingerprint density at radius 1 is 1.06 bits per heavy atom. The monoisotopic (exact) mass is 496 g/mol. The fourth-order valence-corrected chi connectivity index (χ4v) is 5.30. The summed E-state index contributed by atoms with van der Waals surface area (Å²) in [5, 5.41) is 5.93. The SMILES string of the molecule is COc1ccc(CCNC(=O)C(NC(=O)N2C[C@H]3C[C@@H](C2)c2cccc(=O)n2C3)C(C)C)cc1OC. The molecule has 4 rings (SSSR count).